The van der Waals surface area contributed by atoms with Crippen LogP contribution in [0.1, 0.15) is 35.6 Å². The number of thiophene rings is 1. The molecule has 0 fully saturated rings. The maximum absolute atomic E-state index is 12.2. The highest BCUT2D eigenvalue weighted by atomic mass is 32.1. The number of nitrogens with one attached hydrogen (secondary N) is 1. The summed E-state index contributed by atoms with van der Waals surface area (Å²) in [6, 6.07) is 2.11. The van der Waals surface area contributed by atoms with Crippen molar-refractivity contribution in [3.63, 3.8) is 0 Å². The molecular formula is C15H25F3N2S. The maximum Gasteiger partial charge on any atom is 0.390 e. The van der Waals surface area contributed by atoms with E-state index in [-0.39, 0.29) is 6.54 Å². The van der Waals surface area contributed by atoms with Gasteiger partial charge in [-0.2, -0.15) is 13.2 Å². The van der Waals surface area contributed by atoms with E-state index in [0.717, 1.165) is 18.7 Å². The van der Waals surface area contributed by atoms with Crippen molar-refractivity contribution in [1.82, 2.24) is 10.2 Å². The van der Waals surface area contributed by atoms with Crippen LogP contribution in [0.4, 0.5) is 13.2 Å². The molecule has 21 heavy (non-hydrogen) atoms. The monoisotopic (exact) mass is 322 g/mol. The summed E-state index contributed by atoms with van der Waals surface area (Å²) < 4.78 is 36.6. The Balaban J connectivity index is 2.46. The third-order valence-corrected chi connectivity index (χ3v) is 4.23. The summed E-state index contributed by atoms with van der Waals surface area (Å²) in [5.41, 5.74) is 1.13. The van der Waals surface area contributed by atoms with Gasteiger partial charge in [-0.3, -0.25) is 0 Å². The first-order valence-electron chi connectivity index (χ1n) is 7.21. The zero-order valence-electron chi connectivity index (χ0n) is 13.2. The highest BCUT2D eigenvalue weighted by Crippen LogP contribution is 2.24. The molecule has 1 rings (SSSR count). The van der Waals surface area contributed by atoms with Crippen LogP contribution in [0.2, 0.25) is 0 Å². The third kappa shape index (κ3) is 7.83. The lowest BCUT2D eigenvalue weighted by atomic mass is 10.2. The zero-order chi connectivity index (χ0) is 16.0. The van der Waals surface area contributed by atoms with Crippen LogP contribution in [0.5, 0.6) is 0 Å². The second-order valence-electron chi connectivity index (χ2n) is 5.92. The number of hydrogen-bond acceptors (Lipinski definition) is 3. The molecule has 0 aromatic carbocycles. The van der Waals surface area contributed by atoms with Gasteiger partial charge in [-0.25, -0.2) is 0 Å². The van der Waals surface area contributed by atoms with Crippen molar-refractivity contribution in [3.05, 3.63) is 21.4 Å². The van der Waals surface area contributed by atoms with Crippen LogP contribution in [-0.4, -0.2) is 31.2 Å². The number of halogens is 3. The van der Waals surface area contributed by atoms with Gasteiger partial charge in [-0.05, 0) is 38.1 Å². The van der Waals surface area contributed by atoms with Gasteiger partial charge in [0.1, 0.15) is 0 Å². The van der Waals surface area contributed by atoms with Crippen molar-refractivity contribution in [2.75, 3.05) is 20.1 Å². The van der Waals surface area contributed by atoms with Crippen LogP contribution < -0.4 is 5.32 Å². The van der Waals surface area contributed by atoms with E-state index in [2.05, 4.69) is 25.2 Å². The van der Waals surface area contributed by atoms with Crippen molar-refractivity contribution < 1.29 is 13.2 Å². The van der Waals surface area contributed by atoms with E-state index in [1.807, 2.05) is 6.92 Å². The van der Waals surface area contributed by atoms with Crippen LogP contribution in [0.3, 0.4) is 0 Å². The Morgan fingerprint density at radius 3 is 2.57 bits per heavy atom. The Morgan fingerprint density at radius 1 is 1.33 bits per heavy atom. The van der Waals surface area contributed by atoms with Crippen molar-refractivity contribution in [2.24, 2.45) is 5.92 Å². The highest BCUT2D eigenvalue weighted by Gasteiger charge is 2.27. The third-order valence-electron chi connectivity index (χ3n) is 3.14. The Morgan fingerprint density at radius 2 is 2.00 bits per heavy atom. The van der Waals surface area contributed by atoms with Crippen molar-refractivity contribution in [3.8, 4) is 0 Å². The lowest BCUT2D eigenvalue weighted by molar-refractivity contribution is -0.137. The van der Waals surface area contributed by atoms with E-state index in [1.54, 1.807) is 23.3 Å². The number of aryl methyl sites for hydroxylation is 1. The van der Waals surface area contributed by atoms with Crippen LogP contribution in [0.15, 0.2) is 6.07 Å². The van der Waals surface area contributed by atoms with E-state index in [0.29, 0.717) is 12.5 Å². The van der Waals surface area contributed by atoms with Gasteiger partial charge in [0.15, 0.2) is 0 Å². The summed E-state index contributed by atoms with van der Waals surface area (Å²) >= 11 is 1.72. The molecule has 2 nitrogen and oxygen atoms in total. The Bertz CT molecular complexity index is 427. The van der Waals surface area contributed by atoms with Gasteiger partial charge >= 0.3 is 6.18 Å². The van der Waals surface area contributed by atoms with Crippen LogP contribution in [-0.2, 0) is 13.1 Å². The second kappa shape index (κ2) is 8.15. The fourth-order valence-electron chi connectivity index (χ4n) is 2.00. The molecule has 0 radical (unpaired) electrons. The average molecular weight is 322 g/mol. The predicted octanol–water partition coefficient (Wildman–Crippen LogP) is 4.19. The van der Waals surface area contributed by atoms with Crippen LogP contribution >= 0.6 is 11.3 Å². The summed E-state index contributed by atoms with van der Waals surface area (Å²) in [6.07, 6.45) is -4.83. The molecule has 0 amide bonds. The van der Waals surface area contributed by atoms with Gasteiger partial charge in [0.05, 0.1) is 6.42 Å². The molecule has 0 aliphatic carbocycles. The molecule has 0 saturated carbocycles. The molecule has 1 aromatic rings. The largest absolute Gasteiger partial charge is 0.390 e. The molecule has 1 aromatic heterocycles. The van der Waals surface area contributed by atoms with Gasteiger partial charge in [-0.1, -0.05) is 13.8 Å². The van der Waals surface area contributed by atoms with Crippen LogP contribution in [0.25, 0.3) is 0 Å². The zero-order valence-corrected chi connectivity index (χ0v) is 14.0. The molecule has 0 unspecified atom stereocenters. The lowest BCUT2D eigenvalue weighted by Crippen LogP contribution is -2.24. The van der Waals surface area contributed by atoms with Crippen molar-refractivity contribution >= 4 is 11.3 Å². The van der Waals surface area contributed by atoms with E-state index in [1.165, 1.54) is 9.75 Å². The minimum Gasteiger partial charge on any atom is -0.312 e. The first-order valence-corrected chi connectivity index (χ1v) is 8.03. The summed E-state index contributed by atoms with van der Waals surface area (Å²) in [7, 11) is 1.74. The lowest BCUT2D eigenvalue weighted by Gasteiger charge is -2.17. The topological polar surface area (TPSA) is 15.3 Å². The van der Waals surface area contributed by atoms with Crippen molar-refractivity contribution in [2.45, 2.75) is 46.5 Å². The fraction of sp³-hybridized carbons (Fsp3) is 0.733. The van der Waals surface area contributed by atoms with Crippen molar-refractivity contribution in [1.29, 1.82) is 0 Å². The molecule has 0 aliphatic heterocycles. The van der Waals surface area contributed by atoms with Crippen LogP contribution in [0, 0.1) is 12.8 Å². The number of alkyl halides is 3. The Hall–Kier alpha value is -0.590. The van der Waals surface area contributed by atoms with E-state index in [9.17, 15) is 13.2 Å². The first-order chi connectivity index (χ1) is 9.67. The summed E-state index contributed by atoms with van der Waals surface area (Å²) in [6.45, 7) is 8.76. The molecule has 122 valence electrons. The molecule has 0 saturated heterocycles. The van der Waals surface area contributed by atoms with Gasteiger partial charge in [0.25, 0.3) is 0 Å². The van der Waals surface area contributed by atoms with Gasteiger partial charge in [-0.15, -0.1) is 11.3 Å². The number of nitrogens with zero attached hydrogens (tertiary/aromatic N) is 1. The average Bonchev–Trinajstić information content (AvgIpc) is 2.66. The predicted molar refractivity (Wildman–Crippen MR) is 82.6 cm³/mol. The standard InChI is InChI=1S/C15H25F3N2S/c1-11(2)8-19-9-14-7-13(12(3)21-14)10-20(4)6-5-15(16,17)18/h7,11,19H,5-6,8-10H2,1-4H3. The first kappa shape index (κ1) is 18.5. The summed E-state index contributed by atoms with van der Waals surface area (Å²) in [4.78, 5) is 4.16. The Labute approximate surface area is 129 Å². The van der Waals surface area contributed by atoms with E-state index < -0.39 is 12.6 Å². The maximum atomic E-state index is 12.2. The van der Waals surface area contributed by atoms with E-state index in [4.69, 9.17) is 0 Å². The van der Waals surface area contributed by atoms with E-state index >= 15 is 0 Å². The normalized spacial score (nSPS) is 12.6. The molecule has 0 spiro atoms. The minimum absolute atomic E-state index is 0.0414. The number of hydrogen-bond donors (Lipinski definition) is 1. The quantitative estimate of drug-likeness (QED) is 0.772. The molecule has 1 heterocycles. The minimum atomic E-state index is -4.08. The van der Waals surface area contributed by atoms with Gasteiger partial charge in [0.2, 0.25) is 0 Å². The molecule has 0 bridgehead atoms. The molecule has 1 N–H and O–H groups in total. The molecule has 0 aliphatic rings. The molecular weight excluding hydrogens is 297 g/mol. The Kier molecular flexibility index (Phi) is 7.16. The SMILES string of the molecule is Cc1sc(CNCC(C)C)cc1CN(C)CCC(F)(F)F. The fourth-order valence-corrected chi connectivity index (χ4v) is 3.03. The number of rotatable bonds is 8. The highest BCUT2D eigenvalue weighted by molar-refractivity contribution is 7.12. The second-order valence-corrected chi connectivity index (χ2v) is 7.26. The van der Waals surface area contributed by atoms with Gasteiger partial charge < -0.3 is 10.2 Å². The van der Waals surface area contributed by atoms with Gasteiger partial charge in [0, 0.05) is 29.4 Å². The smallest absolute Gasteiger partial charge is 0.312 e. The molecule has 6 heteroatoms. The molecule has 0 atom stereocenters. The summed E-state index contributed by atoms with van der Waals surface area (Å²) in [5.74, 6) is 0.610. The summed E-state index contributed by atoms with van der Waals surface area (Å²) in [5, 5.41) is 3.39.